The molecule has 1 N–H and O–H groups in total. The van der Waals surface area contributed by atoms with Gasteiger partial charge in [-0.05, 0) is 29.2 Å². The molecule has 0 aliphatic rings. The summed E-state index contributed by atoms with van der Waals surface area (Å²) in [6, 6.07) is 14.2. The quantitative estimate of drug-likeness (QED) is 0.833. The third-order valence-electron chi connectivity index (χ3n) is 2.66. The Morgan fingerprint density at radius 1 is 0.941 bits per heavy atom. The predicted molar refractivity (Wildman–Crippen MR) is 72.7 cm³/mol. The minimum absolute atomic E-state index is 0.123. The zero-order valence-corrected chi connectivity index (χ0v) is 10.6. The molecule has 0 radical (unpaired) electrons. The molecule has 0 saturated carbocycles. The first-order valence-electron chi connectivity index (χ1n) is 5.85. The van der Waals surface area contributed by atoms with Crippen molar-refractivity contribution in [2.75, 3.05) is 5.32 Å². The number of benzene rings is 1. The van der Waals surface area contributed by atoms with Crippen molar-refractivity contribution < 1.29 is 0 Å². The second-order valence-electron chi connectivity index (χ2n) is 5.14. The summed E-state index contributed by atoms with van der Waals surface area (Å²) in [6.07, 6.45) is 1.79. The molecule has 0 aliphatic carbocycles. The number of nitrogens with one attached hydrogen (secondary N) is 1. The monoisotopic (exact) mass is 226 g/mol. The van der Waals surface area contributed by atoms with Crippen LogP contribution in [0.4, 0.5) is 11.5 Å². The molecule has 0 amide bonds. The highest BCUT2D eigenvalue weighted by Crippen LogP contribution is 2.30. The number of hydrogen-bond acceptors (Lipinski definition) is 2. The smallest absolute Gasteiger partial charge is 0.130 e. The van der Waals surface area contributed by atoms with Crippen molar-refractivity contribution in [3.8, 4) is 0 Å². The molecule has 17 heavy (non-hydrogen) atoms. The van der Waals surface area contributed by atoms with Gasteiger partial charge >= 0.3 is 0 Å². The molecule has 0 fully saturated rings. The van der Waals surface area contributed by atoms with Crippen LogP contribution in [0.1, 0.15) is 26.3 Å². The molecule has 0 aliphatic heterocycles. The highest BCUT2D eigenvalue weighted by Gasteiger charge is 2.17. The molecule has 0 bridgehead atoms. The molecule has 1 aromatic carbocycles. The van der Waals surface area contributed by atoms with Gasteiger partial charge in [0.25, 0.3) is 0 Å². The lowest BCUT2D eigenvalue weighted by atomic mass is 9.86. The molecular formula is C15H18N2. The first-order chi connectivity index (χ1) is 8.07. The summed E-state index contributed by atoms with van der Waals surface area (Å²) in [5.74, 6) is 0.879. The molecule has 88 valence electrons. The Labute approximate surface area is 103 Å². The largest absolute Gasteiger partial charge is 0.340 e. The number of nitrogens with zero attached hydrogens (tertiary/aromatic N) is 1. The van der Waals surface area contributed by atoms with Crippen LogP contribution in [0.25, 0.3) is 0 Å². The summed E-state index contributed by atoms with van der Waals surface area (Å²) >= 11 is 0. The van der Waals surface area contributed by atoms with Crippen molar-refractivity contribution in [2.45, 2.75) is 26.2 Å². The summed E-state index contributed by atoms with van der Waals surface area (Å²) in [6.45, 7) is 6.64. The average Bonchev–Trinajstić information content (AvgIpc) is 2.30. The fraction of sp³-hybridized carbons (Fsp3) is 0.267. The Bertz CT molecular complexity index is 484. The van der Waals surface area contributed by atoms with Crippen LogP contribution in [0, 0.1) is 0 Å². The zero-order chi connectivity index (χ0) is 12.3. The Balaban J connectivity index is 2.34. The lowest BCUT2D eigenvalue weighted by Gasteiger charge is -2.23. The fourth-order valence-corrected chi connectivity index (χ4v) is 1.82. The third kappa shape index (κ3) is 2.84. The Hall–Kier alpha value is -1.83. The van der Waals surface area contributed by atoms with E-state index in [1.165, 1.54) is 5.56 Å². The van der Waals surface area contributed by atoms with Gasteiger partial charge < -0.3 is 5.32 Å². The predicted octanol–water partition coefficient (Wildman–Crippen LogP) is 4.12. The van der Waals surface area contributed by atoms with E-state index >= 15 is 0 Å². The summed E-state index contributed by atoms with van der Waals surface area (Å²) in [5.41, 5.74) is 2.54. The lowest BCUT2D eigenvalue weighted by Crippen LogP contribution is -2.13. The van der Waals surface area contributed by atoms with Gasteiger partial charge in [-0.2, -0.15) is 0 Å². The van der Waals surface area contributed by atoms with E-state index in [4.69, 9.17) is 0 Å². The molecule has 0 saturated heterocycles. The second-order valence-corrected chi connectivity index (χ2v) is 5.14. The highest BCUT2D eigenvalue weighted by molar-refractivity contribution is 5.62. The molecule has 2 aromatic rings. The van der Waals surface area contributed by atoms with Gasteiger partial charge in [-0.25, -0.2) is 4.98 Å². The minimum atomic E-state index is 0.123. The van der Waals surface area contributed by atoms with Crippen molar-refractivity contribution >= 4 is 11.5 Å². The Morgan fingerprint density at radius 2 is 1.65 bits per heavy atom. The van der Waals surface area contributed by atoms with Crippen molar-refractivity contribution in [1.82, 2.24) is 4.98 Å². The molecule has 0 atom stereocenters. The summed E-state index contributed by atoms with van der Waals surface area (Å²) < 4.78 is 0. The van der Waals surface area contributed by atoms with Crippen LogP contribution in [0.2, 0.25) is 0 Å². The van der Waals surface area contributed by atoms with E-state index in [2.05, 4.69) is 49.3 Å². The van der Waals surface area contributed by atoms with Crippen LogP contribution >= 0.6 is 0 Å². The molecular weight excluding hydrogens is 208 g/mol. The number of para-hydroxylation sites is 1. The molecule has 2 rings (SSSR count). The third-order valence-corrected chi connectivity index (χ3v) is 2.66. The Morgan fingerprint density at radius 3 is 2.29 bits per heavy atom. The fourth-order valence-electron chi connectivity index (χ4n) is 1.82. The van der Waals surface area contributed by atoms with E-state index in [0.717, 1.165) is 11.5 Å². The maximum atomic E-state index is 4.29. The van der Waals surface area contributed by atoms with Crippen molar-refractivity contribution in [3.05, 3.63) is 54.2 Å². The molecule has 0 unspecified atom stereocenters. The van der Waals surface area contributed by atoms with Crippen molar-refractivity contribution in [2.24, 2.45) is 0 Å². The maximum Gasteiger partial charge on any atom is 0.130 e. The number of pyridine rings is 1. The van der Waals surface area contributed by atoms with Crippen molar-refractivity contribution in [1.29, 1.82) is 0 Å². The van der Waals surface area contributed by atoms with Gasteiger partial charge in [0.1, 0.15) is 5.82 Å². The van der Waals surface area contributed by atoms with Crippen LogP contribution < -0.4 is 5.32 Å². The van der Waals surface area contributed by atoms with E-state index in [-0.39, 0.29) is 5.41 Å². The number of hydrogen-bond donors (Lipinski definition) is 1. The normalized spacial score (nSPS) is 11.2. The van der Waals surface area contributed by atoms with Crippen LogP contribution in [0.15, 0.2) is 48.7 Å². The topological polar surface area (TPSA) is 24.9 Å². The minimum Gasteiger partial charge on any atom is -0.340 e. The van der Waals surface area contributed by atoms with Crippen LogP contribution in [0.3, 0.4) is 0 Å². The van der Waals surface area contributed by atoms with Gasteiger partial charge in [0.2, 0.25) is 0 Å². The van der Waals surface area contributed by atoms with Gasteiger partial charge in [0, 0.05) is 11.9 Å². The van der Waals surface area contributed by atoms with Crippen LogP contribution in [-0.2, 0) is 5.41 Å². The lowest BCUT2D eigenvalue weighted by molar-refractivity contribution is 0.592. The zero-order valence-electron chi connectivity index (χ0n) is 10.6. The number of rotatable bonds is 2. The van der Waals surface area contributed by atoms with Crippen LogP contribution in [0.5, 0.6) is 0 Å². The first kappa shape index (κ1) is 11.6. The molecule has 2 heteroatoms. The van der Waals surface area contributed by atoms with Crippen molar-refractivity contribution in [3.63, 3.8) is 0 Å². The number of aromatic nitrogens is 1. The summed E-state index contributed by atoms with van der Waals surface area (Å²) in [7, 11) is 0. The van der Waals surface area contributed by atoms with Gasteiger partial charge in [-0.3, -0.25) is 0 Å². The van der Waals surface area contributed by atoms with Gasteiger partial charge in [0.05, 0.1) is 0 Å². The molecule has 2 nitrogen and oxygen atoms in total. The van der Waals surface area contributed by atoms with E-state index in [0.29, 0.717) is 0 Å². The second kappa shape index (κ2) is 4.58. The van der Waals surface area contributed by atoms with Crippen LogP contribution in [-0.4, -0.2) is 4.98 Å². The summed E-state index contributed by atoms with van der Waals surface area (Å²) in [4.78, 5) is 4.29. The van der Waals surface area contributed by atoms with E-state index in [1.807, 2.05) is 24.3 Å². The molecule has 1 aromatic heterocycles. The molecule has 1 heterocycles. The molecule has 0 spiro atoms. The van der Waals surface area contributed by atoms with E-state index in [1.54, 1.807) is 6.20 Å². The summed E-state index contributed by atoms with van der Waals surface area (Å²) in [5, 5.41) is 3.37. The van der Waals surface area contributed by atoms with Gasteiger partial charge in [-0.15, -0.1) is 0 Å². The first-order valence-corrected chi connectivity index (χ1v) is 5.85. The van der Waals surface area contributed by atoms with Gasteiger partial charge in [-0.1, -0.05) is 45.0 Å². The number of anilines is 2. The standard InChI is InChI=1S/C15H18N2/c1-15(2,3)12-8-4-5-9-13(12)17-14-10-6-7-11-16-14/h4-11H,1-3H3,(H,16,17). The average molecular weight is 226 g/mol. The SMILES string of the molecule is CC(C)(C)c1ccccc1Nc1ccccn1. The maximum absolute atomic E-state index is 4.29. The van der Waals surface area contributed by atoms with E-state index in [9.17, 15) is 0 Å². The highest BCUT2D eigenvalue weighted by atomic mass is 15.0. The van der Waals surface area contributed by atoms with Gasteiger partial charge in [0.15, 0.2) is 0 Å². The Kier molecular flexibility index (Phi) is 3.14. The van der Waals surface area contributed by atoms with E-state index < -0.39 is 0 Å².